The first-order chi connectivity index (χ1) is 7.33. The Labute approximate surface area is 87.4 Å². The van der Waals surface area contributed by atoms with Gasteiger partial charge in [-0.1, -0.05) is 5.16 Å². The van der Waals surface area contributed by atoms with Gasteiger partial charge in [0.2, 0.25) is 0 Å². The first kappa shape index (κ1) is 8.91. The van der Waals surface area contributed by atoms with Crippen molar-refractivity contribution in [2.45, 2.75) is 12.5 Å². The average molecular weight is 207 g/mol. The topological polar surface area (TPSA) is 58.4 Å². The van der Waals surface area contributed by atoms with Gasteiger partial charge in [0, 0.05) is 31.7 Å². The SMILES string of the molecule is O=C(c1ccon1)N1CC2CNC(C2)C1. The number of carbonyl (C=O) groups is 1. The summed E-state index contributed by atoms with van der Waals surface area (Å²) in [6, 6.07) is 2.09. The maximum atomic E-state index is 12.0. The fourth-order valence-electron chi connectivity index (χ4n) is 2.48. The minimum atomic E-state index is -0.0119. The summed E-state index contributed by atoms with van der Waals surface area (Å²) in [4.78, 5) is 13.8. The number of hydrogen-bond donors (Lipinski definition) is 1. The lowest BCUT2D eigenvalue weighted by atomic mass is 10.00. The van der Waals surface area contributed by atoms with Crippen LogP contribution in [0.3, 0.4) is 0 Å². The lowest BCUT2D eigenvalue weighted by Gasteiger charge is -2.30. The van der Waals surface area contributed by atoms with Crippen molar-refractivity contribution in [1.29, 1.82) is 0 Å². The summed E-state index contributed by atoms with van der Waals surface area (Å²) in [6.07, 6.45) is 2.63. The zero-order valence-corrected chi connectivity index (χ0v) is 8.35. The van der Waals surface area contributed by atoms with Gasteiger partial charge in [-0.15, -0.1) is 0 Å². The van der Waals surface area contributed by atoms with Crippen LogP contribution in [-0.2, 0) is 0 Å². The van der Waals surface area contributed by atoms with Gasteiger partial charge in [0.1, 0.15) is 6.26 Å². The van der Waals surface area contributed by atoms with Gasteiger partial charge in [0.05, 0.1) is 0 Å². The molecule has 2 unspecified atom stereocenters. The largest absolute Gasteiger partial charge is 0.364 e. The minimum Gasteiger partial charge on any atom is -0.364 e. The molecule has 5 nitrogen and oxygen atoms in total. The van der Waals surface area contributed by atoms with Crippen LogP contribution in [-0.4, -0.2) is 41.6 Å². The zero-order chi connectivity index (χ0) is 10.3. The number of fused-ring (bicyclic) bond motifs is 2. The standard InChI is InChI=1S/C10H13N3O2/c14-10(9-1-2-15-12-9)13-5-7-3-8(6-13)11-4-7/h1-2,7-8,11H,3-6H2. The molecule has 2 aliphatic heterocycles. The number of rotatable bonds is 1. The number of nitrogens with zero attached hydrogens (tertiary/aromatic N) is 2. The molecule has 1 N–H and O–H groups in total. The van der Waals surface area contributed by atoms with Crippen LogP contribution < -0.4 is 5.32 Å². The van der Waals surface area contributed by atoms with Crippen molar-refractivity contribution in [3.8, 4) is 0 Å². The number of hydrogen-bond acceptors (Lipinski definition) is 4. The lowest BCUT2D eigenvalue weighted by molar-refractivity contribution is 0.0681. The van der Waals surface area contributed by atoms with Crippen LogP contribution in [0.2, 0.25) is 0 Å². The maximum Gasteiger partial charge on any atom is 0.276 e. The molecular formula is C10H13N3O2. The zero-order valence-electron chi connectivity index (χ0n) is 8.35. The van der Waals surface area contributed by atoms with E-state index in [9.17, 15) is 4.79 Å². The van der Waals surface area contributed by atoms with Gasteiger partial charge in [-0.2, -0.15) is 0 Å². The second-order valence-electron chi connectivity index (χ2n) is 4.30. The van der Waals surface area contributed by atoms with E-state index >= 15 is 0 Å². The molecule has 0 saturated carbocycles. The molecule has 0 aliphatic carbocycles. The van der Waals surface area contributed by atoms with E-state index in [0.717, 1.165) is 19.6 Å². The Hall–Kier alpha value is -1.36. The van der Waals surface area contributed by atoms with Crippen LogP contribution in [0, 0.1) is 5.92 Å². The van der Waals surface area contributed by atoms with Crippen molar-refractivity contribution in [1.82, 2.24) is 15.4 Å². The molecule has 2 saturated heterocycles. The third-order valence-electron chi connectivity index (χ3n) is 3.18. The molecule has 0 spiro atoms. The average Bonchev–Trinajstić information content (AvgIpc) is 2.87. The highest BCUT2D eigenvalue weighted by Gasteiger charge is 2.35. The van der Waals surface area contributed by atoms with E-state index in [1.807, 2.05) is 4.90 Å². The van der Waals surface area contributed by atoms with Gasteiger partial charge in [0.15, 0.2) is 5.69 Å². The van der Waals surface area contributed by atoms with Crippen LogP contribution in [0.5, 0.6) is 0 Å². The number of piperidine rings is 1. The normalized spacial score (nSPS) is 29.5. The summed E-state index contributed by atoms with van der Waals surface area (Å²) in [7, 11) is 0. The van der Waals surface area contributed by atoms with Crippen LogP contribution in [0.4, 0.5) is 0 Å². The van der Waals surface area contributed by atoms with Gasteiger partial charge >= 0.3 is 0 Å². The molecule has 3 rings (SSSR count). The number of carbonyl (C=O) groups excluding carboxylic acids is 1. The molecule has 2 bridgehead atoms. The fourth-order valence-corrected chi connectivity index (χ4v) is 2.48. The number of nitrogens with one attached hydrogen (secondary N) is 1. The van der Waals surface area contributed by atoms with Gasteiger partial charge in [-0.25, -0.2) is 0 Å². The van der Waals surface area contributed by atoms with Crippen molar-refractivity contribution < 1.29 is 9.32 Å². The summed E-state index contributed by atoms with van der Waals surface area (Å²) in [5.41, 5.74) is 0.413. The predicted molar refractivity (Wildman–Crippen MR) is 52.3 cm³/mol. The van der Waals surface area contributed by atoms with E-state index in [1.165, 1.54) is 12.7 Å². The van der Waals surface area contributed by atoms with Crippen molar-refractivity contribution >= 4 is 5.91 Å². The molecule has 80 valence electrons. The summed E-state index contributed by atoms with van der Waals surface area (Å²) < 4.78 is 4.68. The van der Waals surface area contributed by atoms with Crippen molar-refractivity contribution in [2.24, 2.45) is 5.92 Å². The summed E-state index contributed by atoms with van der Waals surface area (Å²) >= 11 is 0. The van der Waals surface area contributed by atoms with Crippen LogP contribution in [0.1, 0.15) is 16.9 Å². The molecule has 1 aromatic rings. The van der Waals surface area contributed by atoms with Gasteiger partial charge in [-0.05, 0) is 12.3 Å². The second kappa shape index (κ2) is 3.34. The Morgan fingerprint density at radius 2 is 2.53 bits per heavy atom. The molecular weight excluding hydrogens is 194 g/mol. The highest BCUT2D eigenvalue weighted by Crippen LogP contribution is 2.23. The van der Waals surface area contributed by atoms with Crippen molar-refractivity contribution in [3.63, 3.8) is 0 Å². The molecule has 0 aromatic carbocycles. The van der Waals surface area contributed by atoms with Crippen LogP contribution >= 0.6 is 0 Å². The predicted octanol–water partition coefficient (Wildman–Crippen LogP) is 0.108. The summed E-state index contributed by atoms with van der Waals surface area (Å²) in [6.45, 7) is 2.67. The second-order valence-corrected chi connectivity index (χ2v) is 4.30. The molecule has 2 atom stereocenters. The number of likely N-dealkylation sites (tertiary alicyclic amines) is 1. The monoisotopic (exact) mass is 207 g/mol. The Balaban J connectivity index is 1.75. The molecule has 5 heteroatoms. The van der Waals surface area contributed by atoms with E-state index in [-0.39, 0.29) is 5.91 Å². The number of aromatic nitrogens is 1. The molecule has 1 amide bonds. The smallest absolute Gasteiger partial charge is 0.276 e. The summed E-state index contributed by atoms with van der Waals surface area (Å²) in [5, 5.41) is 7.09. The first-order valence-electron chi connectivity index (χ1n) is 5.26. The molecule has 15 heavy (non-hydrogen) atoms. The van der Waals surface area contributed by atoms with E-state index in [4.69, 9.17) is 0 Å². The van der Waals surface area contributed by atoms with Crippen molar-refractivity contribution in [2.75, 3.05) is 19.6 Å². The van der Waals surface area contributed by atoms with Gasteiger partial charge < -0.3 is 14.7 Å². The first-order valence-corrected chi connectivity index (χ1v) is 5.26. The third kappa shape index (κ3) is 1.52. The Bertz CT molecular complexity index is 351. The Morgan fingerprint density at radius 3 is 3.27 bits per heavy atom. The van der Waals surface area contributed by atoms with Crippen LogP contribution in [0.25, 0.3) is 0 Å². The molecule has 3 heterocycles. The molecule has 1 aromatic heterocycles. The van der Waals surface area contributed by atoms with Crippen molar-refractivity contribution in [3.05, 3.63) is 18.0 Å². The van der Waals surface area contributed by atoms with E-state index < -0.39 is 0 Å². The summed E-state index contributed by atoms with van der Waals surface area (Å²) in [5.74, 6) is 0.599. The lowest BCUT2D eigenvalue weighted by Crippen LogP contribution is -2.44. The molecule has 2 aliphatic rings. The van der Waals surface area contributed by atoms with Gasteiger partial charge in [0.25, 0.3) is 5.91 Å². The molecule has 2 fully saturated rings. The van der Waals surface area contributed by atoms with E-state index in [1.54, 1.807) is 6.07 Å². The highest BCUT2D eigenvalue weighted by atomic mass is 16.5. The highest BCUT2D eigenvalue weighted by molar-refractivity contribution is 5.92. The van der Waals surface area contributed by atoms with Gasteiger partial charge in [-0.3, -0.25) is 4.79 Å². The Kier molecular flexibility index (Phi) is 1.98. The maximum absolute atomic E-state index is 12.0. The third-order valence-corrected chi connectivity index (χ3v) is 3.18. The Morgan fingerprint density at radius 1 is 1.60 bits per heavy atom. The number of amides is 1. The molecule has 0 radical (unpaired) electrons. The van der Waals surface area contributed by atoms with E-state index in [2.05, 4.69) is 15.0 Å². The quantitative estimate of drug-likeness (QED) is 0.710. The van der Waals surface area contributed by atoms with Crippen LogP contribution in [0.15, 0.2) is 16.9 Å². The van der Waals surface area contributed by atoms with E-state index in [0.29, 0.717) is 17.7 Å². The fraction of sp³-hybridized carbons (Fsp3) is 0.600. The minimum absolute atomic E-state index is 0.0119.